The molecular weight excluding hydrogens is 246 g/mol. The Morgan fingerprint density at radius 3 is 2.79 bits per heavy atom. The van der Waals surface area contributed by atoms with Crippen LogP contribution in [0.5, 0.6) is 0 Å². The van der Waals surface area contributed by atoms with Gasteiger partial charge in [-0.2, -0.15) is 0 Å². The Labute approximate surface area is 91.4 Å². The highest BCUT2D eigenvalue weighted by atomic mass is 79.9. The number of hydrogen-bond donors (Lipinski definition) is 1. The van der Waals surface area contributed by atoms with Crippen molar-refractivity contribution in [1.82, 2.24) is 0 Å². The molecule has 1 aromatic carbocycles. The molecule has 0 spiro atoms. The first-order valence-corrected chi connectivity index (χ1v) is 5.08. The van der Waals surface area contributed by atoms with Crippen molar-refractivity contribution in [3.05, 3.63) is 27.7 Å². The topological polar surface area (TPSA) is 52.3 Å². The largest absolute Gasteiger partial charge is 0.462 e. The van der Waals surface area contributed by atoms with Crippen molar-refractivity contribution in [2.45, 2.75) is 13.8 Å². The summed E-state index contributed by atoms with van der Waals surface area (Å²) in [6, 6.07) is 3.39. The Kier molecular flexibility index (Phi) is 3.52. The maximum Gasteiger partial charge on any atom is 0.338 e. The third kappa shape index (κ3) is 2.26. The third-order valence-electron chi connectivity index (χ3n) is 1.86. The van der Waals surface area contributed by atoms with Gasteiger partial charge in [0.05, 0.1) is 12.2 Å². The van der Waals surface area contributed by atoms with Crippen molar-refractivity contribution in [2.75, 3.05) is 12.3 Å². The van der Waals surface area contributed by atoms with Crippen LogP contribution in [0.15, 0.2) is 16.6 Å². The van der Waals surface area contributed by atoms with Crippen LogP contribution in [0, 0.1) is 6.92 Å². The minimum atomic E-state index is -0.335. The van der Waals surface area contributed by atoms with Crippen LogP contribution in [0.2, 0.25) is 0 Å². The van der Waals surface area contributed by atoms with E-state index >= 15 is 0 Å². The van der Waals surface area contributed by atoms with Crippen LogP contribution in [0.4, 0.5) is 5.69 Å². The lowest BCUT2D eigenvalue weighted by Crippen LogP contribution is -2.07. The lowest BCUT2D eigenvalue weighted by Gasteiger charge is -2.08. The number of esters is 1. The van der Waals surface area contributed by atoms with Crippen LogP contribution in [0.3, 0.4) is 0 Å². The van der Waals surface area contributed by atoms with Crippen LogP contribution in [-0.2, 0) is 4.74 Å². The number of carbonyl (C=O) groups excluding carboxylic acids is 1. The molecule has 0 amide bonds. The zero-order chi connectivity index (χ0) is 10.7. The average molecular weight is 258 g/mol. The number of nitrogen functional groups attached to an aromatic ring is 1. The highest BCUT2D eigenvalue weighted by molar-refractivity contribution is 9.10. The molecule has 1 rings (SSSR count). The fourth-order valence-corrected chi connectivity index (χ4v) is 1.60. The molecule has 0 saturated heterocycles. The summed E-state index contributed by atoms with van der Waals surface area (Å²) < 4.78 is 5.72. The second-order valence-corrected chi connectivity index (χ2v) is 3.75. The van der Waals surface area contributed by atoms with Gasteiger partial charge in [-0.15, -0.1) is 0 Å². The van der Waals surface area contributed by atoms with Gasteiger partial charge in [0, 0.05) is 10.2 Å². The Morgan fingerprint density at radius 2 is 2.21 bits per heavy atom. The van der Waals surface area contributed by atoms with E-state index in [9.17, 15) is 4.79 Å². The lowest BCUT2D eigenvalue weighted by molar-refractivity contribution is 0.0525. The molecule has 14 heavy (non-hydrogen) atoms. The molecule has 0 aromatic heterocycles. The van der Waals surface area contributed by atoms with E-state index in [1.165, 1.54) is 0 Å². The summed E-state index contributed by atoms with van der Waals surface area (Å²) in [6.07, 6.45) is 0. The van der Waals surface area contributed by atoms with Crippen molar-refractivity contribution in [2.24, 2.45) is 0 Å². The Bertz CT molecular complexity index is 363. The summed E-state index contributed by atoms with van der Waals surface area (Å²) in [7, 11) is 0. The third-order valence-corrected chi connectivity index (χ3v) is 2.69. The number of carbonyl (C=O) groups is 1. The van der Waals surface area contributed by atoms with E-state index in [-0.39, 0.29) is 5.97 Å². The highest BCUT2D eigenvalue weighted by Crippen LogP contribution is 2.24. The van der Waals surface area contributed by atoms with E-state index < -0.39 is 0 Å². The van der Waals surface area contributed by atoms with Gasteiger partial charge in [-0.05, 0) is 31.5 Å². The van der Waals surface area contributed by atoms with E-state index in [2.05, 4.69) is 15.9 Å². The quantitative estimate of drug-likeness (QED) is 0.655. The van der Waals surface area contributed by atoms with Gasteiger partial charge in [0.15, 0.2) is 0 Å². The molecule has 0 atom stereocenters. The zero-order valence-electron chi connectivity index (χ0n) is 8.13. The van der Waals surface area contributed by atoms with E-state index in [0.29, 0.717) is 17.9 Å². The average Bonchev–Trinajstić information content (AvgIpc) is 2.11. The molecule has 0 bridgehead atoms. The fraction of sp³-hybridized carbons (Fsp3) is 0.300. The lowest BCUT2D eigenvalue weighted by atomic mass is 10.1. The van der Waals surface area contributed by atoms with Gasteiger partial charge >= 0.3 is 5.97 Å². The normalized spacial score (nSPS) is 9.93. The molecule has 2 N–H and O–H groups in total. The summed E-state index contributed by atoms with van der Waals surface area (Å²) in [5, 5.41) is 0. The van der Waals surface area contributed by atoms with Gasteiger partial charge in [-0.3, -0.25) is 0 Å². The van der Waals surface area contributed by atoms with Crippen LogP contribution in [0.25, 0.3) is 0 Å². The van der Waals surface area contributed by atoms with Gasteiger partial charge in [-0.25, -0.2) is 4.79 Å². The number of halogens is 1. The summed E-state index contributed by atoms with van der Waals surface area (Å²) in [4.78, 5) is 11.5. The summed E-state index contributed by atoms with van der Waals surface area (Å²) in [5.74, 6) is -0.335. The first-order chi connectivity index (χ1) is 6.56. The van der Waals surface area contributed by atoms with E-state index in [1.54, 1.807) is 19.1 Å². The standard InChI is InChI=1S/C10H12BrNO2/c1-3-14-10(13)8-4-7(12)5-9(11)6(8)2/h4-5H,3,12H2,1-2H3. The van der Waals surface area contributed by atoms with Crippen LogP contribution >= 0.6 is 15.9 Å². The molecule has 0 heterocycles. The number of ether oxygens (including phenoxy) is 1. The molecule has 0 saturated carbocycles. The van der Waals surface area contributed by atoms with Gasteiger partial charge in [0.25, 0.3) is 0 Å². The Morgan fingerprint density at radius 1 is 1.57 bits per heavy atom. The molecular formula is C10H12BrNO2. The van der Waals surface area contributed by atoms with Crippen LogP contribution < -0.4 is 5.73 Å². The molecule has 0 aliphatic heterocycles. The molecule has 3 nitrogen and oxygen atoms in total. The second-order valence-electron chi connectivity index (χ2n) is 2.90. The highest BCUT2D eigenvalue weighted by Gasteiger charge is 2.12. The van der Waals surface area contributed by atoms with Gasteiger partial charge in [-0.1, -0.05) is 15.9 Å². The molecule has 76 valence electrons. The van der Waals surface area contributed by atoms with Crippen molar-refractivity contribution in [1.29, 1.82) is 0 Å². The van der Waals surface area contributed by atoms with E-state index in [1.807, 2.05) is 6.92 Å². The van der Waals surface area contributed by atoms with Crippen LogP contribution in [0.1, 0.15) is 22.8 Å². The summed E-state index contributed by atoms with van der Waals surface area (Å²) >= 11 is 3.33. The van der Waals surface area contributed by atoms with E-state index in [0.717, 1.165) is 10.0 Å². The van der Waals surface area contributed by atoms with Gasteiger partial charge in [0.1, 0.15) is 0 Å². The van der Waals surface area contributed by atoms with Crippen molar-refractivity contribution in [3.63, 3.8) is 0 Å². The second kappa shape index (κ2) is 4.46. The monoisotopic (exact) mass is 257 g/mol. The first kappa shape index (κ1) is 11.0. The predicted octanol–water partition coefficient (Wildman–Crippen LogP) is 2.52. The molecule has 0 unspecified atom stereocenters. The predicted molar refractivity (Wildman–Crippen MR) is 59.2 cm³/mol. The number of rotatable bonds is 2. The smallest absolute Gasteiger partial charge is 0.338 e. The molecule has 0 aliphatic rings. The number of anilines is 1. The number of hydrogen-bond acceptors (Lipinski definition) is 3. The van der Waals surface area contributed by atoms with E-state index in [4.69, 9.17) is 10.5 Å². The van der Waals surface area contributed by atoms with Crippen LogP contribution in [-0.4, -0.2) is 12.6 Å². The number of nitrogens with two attached hydrogens (primary N) is 1. The minimum absolute atomic E-state index is 0.335. The minimum Gasteiger partial charge on any atom is -0.462 e. The van der Waals surface area contributed by atoms with Gasteiger partial charge < -0.3 is 10.5 Å². The number of benzene rings is 1. The molecule has 0 fully saturated rings. The molecule has 1 aromatic rings. The SMILES string of the molecule is CCOC(=O)c1cc(N)cc(Br)c1C. The fourth-order valence-electron chi connectivity index (χ4n) is 1.12. The van der Waals surface area contributed by atoms with Crippen molar-refractivity contribution >= 4 is 27.6 Å². The maximum absolute atomic E-state index is 11.5. The molecule has 0 radical (unpaired) electrons. The maximum atomic E-state index is 11.5. The van der Waals surface area contributed by atoms with Gasteiger partial charge in [0.2, 0.25) is 0 Å². The van der Waals surface area contributed by atoms with Crippen molar-refractivity contribution < 1.29 is 9.53 Å². The molecule has 0 aliphatic carbocycles. The zero-order valence-corrected chi connectivity index (χ0v) is 9.72. The molecule has 4 heteroatoms. The Balaban J connectivity index is 3.13. The first-order valence-electron chi connectivity index (χ1n) is 4.29. The summed E-state index contributed by atoms with van der Waals surface area (Å²) in [5.41, 5.74) is 7.53. The summed E-state index contributed by atoms with van der Waals surface area (Å²) in [6.45, 7) is 3.98. The Hall–Kier alpha value is -1.03. The van der Waals surface area contributed by atoms with Crippen molar-refractivity contribution in [3.8, 4) is 0 Å².